The number of fused-ring (bicyclic) bond motifs is 5. The molecule has 4 aliphatic rings. The fourth-order valence-corrected chi connectivity index (χ4v) is 8.63. The minimum Gasteiger partial charge on any atom is -0.472 e. The molecular weight excluding hydrogens is 400 g/mol. The summed E-state index contributed by atoms with van der Waals surface area (Å²) in [5.41, 5.74) is 1.90. The molecule has 4 nitrogen and oxygen atoms in total. The van der Waals surface area contributed by atoms with Crippen LogP contribution in [0.3, 0.4) is 0 Å². The van der Waals surface area contributed by atoms with Crippen molar-refractivity contribution in [3.8, 4) is 0 Å². The summed E-state index contributed by atoms with van der Waals surface area (Å²) in [4.78, 5) is 25.1. The molecule has 5 rings (SSSR count). The lowest BCUT2D eigenvalue weighted by molar-refractivity contribution is -0.171. The topological polar surface area (TPSA) is 56.5 Å². The SMILES string of the molecule is CC(=O)O[C@H]1C[C@@H]2[C@@]3(C)C=CC(=O)C(C)(C)[C@@H]3CC[C@@]2(C)C2=CC[C@@H](c3ccoc3)[C@@]21C. The molecule has 0 aromatic carbocycles. The fourth-order valence-electron chi connectivity index (χ4n) is 8.63. The average Bonchev–Trinajstić information content (AvgIpc) is 3.34. The van der Waals surface area contributed by atoms with E-state index in [1.165, 1.54) is 18.1 Å². The minimum absolute atomic E-state index is 0.00986. The largest absolute Gasteiger partial charge is 0.472 e. The number of allylic oxidation sites excluding steroid dienone is 3. The molecule has 0 spiro atoms. The summed E-state index contributed by atoms with van der Waals surface area (Å²) in [6.07, 6.45) is 13.7. The Morgan fingerprint density at radius 2 is 1.91 bits per heavy atom. The lowest BCUT2D eigenvalue weighted by atomic mass is 9.39. The van der Waals surface area contributed by atoms with Crippen molar-refractivity contribution >= 4 is 11.8 Å². The molecule has 2 fully saturated rings. The molecule has 0 saturated heterocycles. The van der Waals surface area contributed by atoms with E-state index in [0.29, 0.717) is 11.8 Å². The van der Waals surface area contributed by atoms with Gasteiger partial charge in [-0.05, 0) is 66.1 Å². The molecule has 0 unspecified atom stereocenters. The van der Waals surface area contributed by atoms with Gasteiger partial charge in [0.1, 0.15) is 6.10 Å². The van der Waals surface area contributed by atoms with Gasteiger partial charge in [0, 0.05) is 23.7 Å². The number of hydrogen-bond acceptors (Lipinski definition) is 4. The maximum absolute atomic E-state index is 12.8. The van der Waals surface area contributed by atoms with E-state index < -0.39 is 0 Å². The van der Waals surface area contributed by atoms with Gasteiger partial charge in [0.2, 0.25) is 0 Å². The average molecular weight is 437 g/mol. The first kappa shape index (κ1) is 21.7. The third-order valence-corrected chi connectivity index (χ3v) is 10.2. The Labute approximate surface area is 191 Å². The first-order valence-corrected chi connectivity index (χ1v) is 12.1. The third-order valence-electron chi connectivity index (χ3n) is 10.2. The number of esters is 1. The van der Waals surface area contributed by atoms with E-state index in [1.807, 2.05) is 12.3 Å². The number of ketones is 1. The zero-order chi connectivity index (χ0) is 23.1. The van der Waals surface area contributed by atoms with Crippen LogP contribution in [0.5, 0.6) is 0 Å². The highest BCUT2D eigenvalue weighted by molar-refractivity contribution is 5.95. The molecule has 172 valence electrons. The van der Waals surface area contributed by atoms with Crippen molar-refractivity contribution in [3.63, 3.8) is 0 Å². The predicted molar refractivity (Wildman–Crippen MR) is 123 cm³/mol. The number of rotatable bonds is 2. The van der Waals surface area contributed by atoms with Crippen molar-refractivity contribution in [2.24, 2.45) is 33.5 Å². The molecule has 0 aliphatic heterocycles. The normalized spacial score (nSPS) is 44.3. The Morgan fingerprint density at radius 1 is 1.16 bits per heavy atom. The van der Waals surface area contributed by atoms with Crippen LogP contribution in [0.1, 0.15) is 78.7 Å². The second-order valence-electron chi connectivity index (χ2n) is 11.9. The van der Waals surface area contributed by atoms with Crippen LogP contribution in [0, 0.1) is 33.5 Å². The summed E-state index contributed by atoms with van der Waals surface area (Å²) in [6, 6.07) is 2.06. The van der Waals surface area contributed by atoms with Crippen molar-refractivity contribution in [1.82, 2.24) is 0 Å². The molecule has 1 aromatic heterocycles. The molecule has 1 aromatic rings. The van der Waals surface area contributed by atoms with Crippen molar-refractivity contribution in [2.45, 2.75) is 79.2 Å². The van der Waals surface area contributed by atoms with Gasteiger partial charge in [-0.15, -0.1) is 0 Å². The summed E-state index contributed by atoms with van der Waals surface area (Å²) in [5, 5.41) is 0. The lowest BCUT2D eigenvalue weighted by Gasteiger charge is -2.65. The summed E-state index contributed by atoms with van der Waals surface area (Å²) < 4.78 is 11.6. The predicted octanol–water partition coefficient (Wildman–Crippen LogP) is 6.24. The Kier molecular flexibility index (Phi) is 4.56. The van der Waals surface area contributed by atoms with Crippen molar-refractivity contribution in [3.05, 3.63) is 48.0 Å². The highest BCUT2D eigenvalue weighted by Crippen LogP contribution is 2.72. The van der Waals surface area contributed by atoms with Gasteiger partial charge in [0.25, 0.3) is 0 Å². The van der Waals surface area contributed by atoms with E-state index in [1.54, 1.807) is 6.26 Å². The van der Waals surface area contributed by atoms with Crippen LogP contribution >= 0.6 is 0 Å². The zero-order valence-corrected chi connectivity index (χ0v) is 20.2. The molecule has 7 atom stereocenters. The Balaban J connectivity index is 1.64. The molecule has 0 N–H and O–H groups in total. The van der Waals surface area contributed by atoms with Crippen LogP contribution in [-0.4, -0.2) is 17.9 Å². The second-order valence-corrected chi connectivity index (χ2v) is 11.9. The highest BCUT2D eigenvalue weighted by Gasteiger charge is 2.67. The van der Waals surface area contributed by atoms with Crippen molar-refractivity contribution in [1.29, 1.82) is 0 Å². The lowest BCUT2D eigenvalue weighted by Crippen LogP contribution is -2.62. The van der Waals surface area contributed by atoms with Gasteiger partial charge in [0.05, 0.1) is 12.5 Å². The highest BCUT2D eigenvalue weighted by atomic mass is 16.5. The number of furan rings is 1. The van der Waals surface area contributed by atoms with Crippen LogP contribution in [0.2, 0.25) is 0 Å². The van der Waals surface area contributed by atoms with Crippen LogP contribution in [-0.2, 0) is 14.3 Å². The van der Waals surface area contributed by atoms with Gasteiger partial charge in [-0.2, -0.15) is 0 Å². The van der Waals surface area contributed by atoms with E-state index >= 15 is 0 Å². The summed E-state index contributed by atoms with van der Waals surface area (Å²) >= 11 is 0. The van der Waals surface area contributed by atoms with Crippen LogP contribution in [0.4, 0.5) is 0 Å². The summed E-state index contributed by atoms with van der Waals surface area (Å²) in [7, 11) is 0. The van der Waals surface area contributed by atoms with E-state index in [4.69, 9.17) is 9.15 Å². The summed E-state index contributed by atoms with van der Waals surface area (Å²) in [6.45, 7) is 12.8. The Bertz CT molecular complexity index is 1010. The van der Waals surface area contributed by atoms with Gasteiger partial charge in [0.15, 0.2) is 5.78 Å². The molecule has 1 heterocycles. The quantitative estimate of drug-likeness (QED) is 0.407. The summed E-state index contributed by atoms with van der Waals surface area (Å²) in [5.74, 6) is 0.859. The fraction of sp³-hybridized carbons (Fsp3) is 0.643. The smallest absolute Gasteiger partial charge is 0.302 e. The van der Waals surface area contributed by atoms with E-state index in [0.717, 1.165) is 25.7 Å². The van der Waals surface area contributed by atoms with Crippen LogP contribution in [0.15, 0.2) is 46.8 Å². The number of ether oxygens (including phenoxy) is 1. The van der Waals surface area contributed by atoms with Crippen LogP contribution < -0.4 is 0 Å². The van der Waals surface area contributed by atoms with Gasteiger partial charge < -0.3 is 9.15 Å². The van der Waals surface area contributed by atoms with E-state index in [2.05, 4.69) is 52.8 Å². The molecule has 0 bridgehead atoms. The first-order chi connectivity index (χ1) is 15.0. The number of hydrogen-bond donors (Lipinski definition) is 0. The number of carbonyl (C=O) groups is 2. The number of carbonyl (C=O) groups excluding carboxylic acids is 2. The standard InChI is InChI=1S/C28H36O4/c1-17(29)32-24-15-22-26(4)13-10-23(30)25(2,3)20(26)9-12-27(22,5)21-8-7-19(28(21,24)6)18-11-14-31-16-18/h8,10-11,13-14,16,19-20,22,24H,7,9,12,15H2,1-6H3/t19-,20-,22+,24-,26-,27-,28-/m0/s1. The molecule has 32 heavy (non-hydrogen) atoms. The second kappa shape index (κ2) is 6.71. The van der Waals surface area contributed by atoms with Crippen LogP contribution in [0.25, 0.3) is 0 Å². The Hall–Kier alpha value is -2.10. The zero-order valence-electron chi connectivity index (χ0n) is 20.2. The molecule has 4 aliphatic carbocycles. The van der Waals surface area contributed by atoms with E-state index in [-0.39, 0.29) is 45.4 Å². The van der Waals surface area contributed by atoms with Gasteiger partial charge in [-0.1, -0.05) is 52.3 Å². The maximum atomic E-state index is 12.8. The first-order valence-electron chi connectivity index (χ1n) is 12.1. The third kappa shape index (κ3) is 2.61. The molecule has 0 amide bonds. The van der Waals surface area contributed by atoms with E-state index in [9.17, 15) is 9.59 Å². The van der Waals surface area contributed by atoms with Crippen molar-refractivity contribution < 1.29 is 18.7 Å². The maximum Gasteiger partial charge on any atom is 0.302 e. The molecule has 2 saturated carbocycles. The molecule has 4 heteroatoms. The molecule has 0 radical (unpaired) electrons. The monoisotopic (exact) mass is 436 g/mol. The van der Waals surface area contributed by atoms with Gasteiger partial charge in [-0.25, -0.2) is 0 Å². The van der Waals surface area contributed by atoms with Crippen molar-refractivity contribution in [2.75, 3.05) is 0 Å². The Morgan fingerprint density at radius 3 is 2.56 bits per heavy atom. The minimum atomic E-state index is -0.369. The van der Waals surface area contributed by atoms with Gasteiger partial charge in [-0.3, -0.25) is 9.59 Å². The molecular formula is C28H36O4. The van der Waals surface area contributed by atoms with Gasteiger partial charge >= 0.3 is 5.97 Å².